The van der Waals surface area contributed by atoms with Crippen molar-refractivity contribution < 1.29 is 8.83 Å². The summed E-state index contributed by atoms with van der Waals surface area (Å²) in [5.74, 6) is 0. The van der Waals surface area contributed by atoms with Gasteiger partial charge in [0.2, 0.25) is 0 Å². The minimum absolute atomic E-state index is 0.161. The highest BCUT2D eigenvalue weighted by atomic mass is 16.3. The molecule has 11 aromatic carbocycles. The third-order valence-electron chi connectivity index (χ3n) is 16.2. The molecular weight excluding hydrogens is 968 g/mol. The molecule has 0 N–H and O–H groups in total. The lowest BCUT2D eigenvalue weighted by Crippen LogP contribution is -2.61. The molecule has 0 amide bonds. The Labute approximate surface area is 456 Å². The summed E-state index contributed by atoms with van der Waals surface area (Å²) in [4.78, 5) is 9.12. The number of furan rings is 2. The van der Waals surface area contributed by atoms with E-state index in [1.165, 1.54) is 22.0 Å². The second-order valence-electron chi connectivity index (χ2n) is 21.9. The first-order valence-corrected chi connectivity index (χ1v) is 27.0. The summed E-state index contributed by atoms with van der Waals surface area (Å²) in [7, 11) is 0. The Morgan fingerprint density at radius 2 is 0.937 bits per heavy atom. The largest absolute Gasteiger partial charge is 0.456 e. The van der Waals surface area contributed by atoms with Crippen LogP contribution in [0.4, 0.5) is 51.2 Å². The Balaban J connectivity index is 0.940. The zero-order chi connectivity index (χ0) is 52.5. The molecule has 0 aliphatic carbocycles. The van der Waals surface area contributed by atoms with Gasteiger partial charge in [0.25, 0.3) is 6.71 Å². The molecule has 9 heteroatoms. The maximum absolute atomic E-state index is 6.56. The van der Waals surface area contributed by atoms with E-state index in [0.29, 0.717) is 0 Å². The fourth-order valence-electron chi connectivity index (χ4n) is 12.4. The number of rotatable bonds is 7. The Bertz CT molecular complexity index is 4730. The predicted molar refractivity (Wildman–Crippen MR) is 326 cm³/mol. The van der Waals surface area contributed by atoms with Gasteiger partial charge >= 0.3 is 0 Å². The SMILES string of the molecule is CC(C)(C)c1cc2c3c(c1)N(c1ccccc1)c1cc4nn(-c5ccccc5)nc4cc1B3c1ccc(N(c3ccc(-c4cccc5c4oc4ccccc45)cc3)c3ccc4oc5ccccc5c4c3)cc1N2c1ccccc1. The summed E-state index contributed by atoms with van der Waals surface area (Å²) < 4.78 is 13.0. The lowest BCUT2D eigenvalue weighted by Gasteiger charge is -2.45. The molecule has 8 nitrogen and oxygen atoms in total. The van der Waals surface area contributed by atoms with Crippen LogP contribution in [0, 0.1) is 0 Å². The van der Waals surface area contributed by atoms with Crippen molar-refractivity contribution in [2.45, 2.75) is 26.2 Å². The fourth-order valence-corrected chi connectivity index (χ4v) is 12.4. The molecular formula is C70H49BN6O2. The average molecular weight is 1020 g/mol. The van der Waals surface area contributed by atoms with E-state index in [1.807, 2.05) is 54.6 Å². The minimum atomic E-state index is -0.189. The molecule has 0 atom stereocenters. The highest BCUT2D eigenvalue weighted by molar-refractivity contribution is 7.00. The molecule has 0 saturated carbocycles. The van der Waals surface area contributed by atoms with Gasteiger partial charge in [-0.05, 0) is 148 Å². The first-order valence-electron chi connectivity index (χ1n) is 27.0. The first-order chi connectivity index (χ1) is 38.8. The number of aromatic nitrogens is 3. The normalized spacial score (nSPS) is 12.9. The molecule has 0 bridgehead atoms. The molecule has 3 aromatic heterocycles. The summed E-state index contributed by atoms with van der Waals surface area (Å²) >= 11 is 0. The average Bonchev–Trinajstić information content (AvgIpc) is 4.22. The van der Waals surface area contributed by atoms with E-state index in [0.717, 1.165) is 123 Å². The monoisotopic (exact) mass is 1020 g/mol. The van der Waals surface area contributed by atoms with Crippen LogP contribution in [0.3, 0.4) is 0 Å². The van der Waals surface area contributed by atoms with Gasteiger partial charge in [-0.3, -0.25) is 0 Å². The van der Waals surface area contributed by atoms with Crippen molar-refractivity contribution in [1.29, 1.82) is 0 Å². The highest BCUT2D eigenvalue weighted by Gasteiger charge is 2.45. The summed E-state index contributed by atoms with van der Waals surface area (Å²) in [6.45, 7) is 6.79. The zero-order valence-corrected chi connectivity index (χ0v) is 43.7. The molecule has 79 heavy (non-hydrogen) atoms. The summed E-state index contributed by atoms with van der Waals surface area (Å²) in [6.07, 6.45) is 0. The van der Waals surface area contributed by atoms with Crippen LogP contribution in [0.25, 0.3) is 71.7 Å². The summed E-state index contributed by atoms with van der Waals surface area (Å²) in [5.41, 5.74) is 22.5. The minimum Gasteiger partial charge on any atom is -0.456 e. The van der Waals surface area contributed by atoms with Crippen molar-refractivity contribution in [2.24, 2.45) is 0 Å². The van der Waals surface area contributed by atoms with Crippen molar-refractivity contribution in [2.75, 3.05) is 14.7 Å². The molecule has 2 aliphatic rings. The van der Waals surface area contributed by atoms with Crippen molar-refractivity contribution in [1.82, 2.24) is 15.0 Å². The maximum Gasteiger partial charge on any atom is 0.252 e. The van der Waals surface area contributed by atoms with Crippen LogP contribution < -0.4 is 31.1 Å². The van der Waals surface area contributed by atoms with Crippen LogP contribution >= 0.6 is 0 Å². The molecule has 14 aromatic rings. The first kappa shape index (κ1) is 45.1. The van der Waals surface area contributed by atoms with Crippen molar-refractivity contribution in [3.63, 3.8) is 0 Å². The van der Waals surface area contributed by atoms with Crippen molar-refractivity contribution in [3.05, 3.63) is 248 Å². The van der Waals surface area contributed by atoms with Gasteiger partial charge in [0.1, 0.15) is 33.4 Å². The lowest BCUT2D eigenvalue weighted by molar-refractivity contribution is 0.590. The van der Waals surface area contributed by atoms with Crippen LogP contribution in [-0.2, 0) is 5.41 Å². The lowest BCUT2D eigenvalue weighted by atomic mass is 9.33. The van der Waals surface area contributed by atoms with E-state index in [4.69, 9.17) is 19.0 Å². The van der Waals surface area contributed by atoms with E-state index in [2.05, 4.69) is 224 Å². The molecule has 0 spiro atoms. The van der Waals surface area contributed by atoms with Gasteiger partial charge in [0.15, 0.2) is 0 Å². The topological polar surface area (TPSA) is 66.7 Å². The predicted octanol–water partition coefficient (Wildman–Crippen LogP) is 16.7. The number of nitrogens with zero attached hydrogens (tertiary/aromatic N) is 6. The Kier molecular flexibility index (Phi) is 9.82. The van der Waals surface area contributed by atoms with E-state index in [-0.39, 0.29) is 12.1 Å². The van der Waals surface area contributed by atoms with E-state index in [9.17, 15) is 0 Å². The van der Waals surface area contributed by atoms with Gasteiger partial charge in [-0.15, -0.1) is 10.2 Å². The van der Waals surface area contributed by atoms with Gasteiger partial charge < -0.3 is 23.5 Å². The number of benzene rings is 11. The summed E-state index contributed by atoms with van der Waals surface area (Å²) in [5, 5.41) is 14.7. The standard InChI is InChI=1S/C70H49BN6O2/c1-70(2,3)45-38-63-68-64(39-45)76(47-20-9-5-10-21-47)62-43-60-59(72-77(73-60)49-22-11-6-12-23-49)42-58(62)71(68)57-36-34-51(41-61(57)75(63)46-18-7-4-8-19-46)74(50-35-37-67-56(40-50)54-25-14-15-28-65(54)78-67)48-32-30-44(31-33-48)52-26-17-27-55-53-24-13-16-29-66(53)79-69(52)55/h4-43H,1-3H3. The second-order valence-corrected chi connectivity index (χ2v) is 21.9. The van der Waals surface area contributed by atoms with Gasteiger partial charge in [0, 0.05) is 78.3 Å². The van der Waals surface area contributed by atoms with Crippen LogP contribution in [0.2, 0.25) is 0 Å². The van der Waals surface area contributed by atoms with Crippen LogP contribution in [0.15, 0.2) is 251 Å². The third-order valence-corrected chi connectivity index (χ3v) is 16.2. The second kappa shape index (κ2) is 17.2. The number of fused-ring (bicyclic) bond motifs is 11. The number of anilines is 9. The highest BCUT2D eigenvalue weighted by Crippen LogP contribution is 2.49. The zero-order valence-electron chi connectivity index (χ0n) is 43.7. The molecule has 0 saturated heterocycles. The molecule has 0 fully saturated rings. The molecule has 374 valence electrons. The van der Waals surface area contributed by atoms with Crippen LogP contribution in [0.1, 0.15) is 26.3 Å². The third kappa shape index (κ3) is 7.09. The van der Waals surface area contributed by atoms with Gasteiger partial charge in [-0.1, -0.05) is 148 Å². The number of hydrogen-bond acceptors (Lipinski definition) is 7. The maximum atomic E-state index is 6.56. The van der Waals surface area contributed by atoms with Crippen molar-refractivity contribution >= 4 is 129 Å². The Morgan fingerprint density at radius 1 is 0.405 bits per heavy atom. The fraction of sp³-hybridized carbons (Fsp3) is 0.0571. The molecule has 2 aliphatic heterocycles. The molecule has 16 rings (SSSR count). The van der Waals surface area contributed by atoms with Crippen LogP contribution in [0.5, 0.6) is 0 Å². The summed E-state index contributed by atoms with van der Waals surface area (Å²) in [6, 6.07) is 86.9. The quantitative estimate of drug-likeness (QED) is 0.147. The molecule has 5 heterocycles. The van der Waals surface area contributed by atoms with Crippen molar-refractivity contribution in [3.8, 4) is 16.8 Å². The molecule has 0 radical (unpaired) electrons. The number of hydrogen-bond donors (Lipinski definition) is 0. The van der Waals surface area contributed by atoms with Crippen LogP contribution in [-0.4, -0.2) is 21.7 Å². The molecule has 0 unspecified atom stereocenters. The Hall–Kier alpha value is -10.1. The van der Waals surface area contributed by atoms with E-state index in [1.54, 1.807) is 4.80 Å². The van der Waals surface area contributed by atoms with Gasteiger partial charge in [-0.2, -0.15) is 4.80 Å². The van der Waals surface area contributed by atoms with E-state index >= 15 is 0 Å². The smallest absolute Gasteiger partial charge is 0.252 e. The Morgan fingerprint density at radius 3 is 1.61 bits per heavy atom. The number of para-hydroxylation sites is 6. The van der Waals surface area contributed by atoms with Gasteiger partial charge in [0.05, 0.1) is 5.69 Å². The van der Waals surface area contributed by atoms with E-state index < -0.39 is 0 Å². The van der Waals surface area contributed by atoms with Gasteiger partial charge in [-0.25, -0.2) is 0 Å².